The van der Waals surface area contributed by atoms with E-state index in [9.17, 15) is 4.79 Å². The van der Waals surface area contributed by atoms with Crippen LogP contribution >= 0.6 is 0 Å². The first-order valence-corrected chi connectivity index (χ1v) is 7.44. The summed E-state index contributed by atoms with van der Waals surface area (Å²) in [5, 5.41) is 6.72. The van der Waals surface area contributed by atoms with Crippen LogP contribution in [-0.2, 0) is 11.2 Å². The number of carbonyl (C=O) groups is 1. The van der Waals surface area contributed by atoms with Gasteiger partial charge < -0.3 is 4.90 Å². The van der Waals surface area contributed by atoms with Crippen molar-refractivity contribution in [3.05, 3.63) is 53.3 Å². The largest absolute Gasteiger partial charge is 0.344 e. The SMILES string of the molecule is Cc1ccc([C@H](C(=O)N(C)CCc2cn[nH]c2)N(C)C)cc1. The van der Waals surface area contributed by atoms with Gasteiger partial charge in [0.25, 0.3) is 0 Å². The summed E-state index contributed by atoms with van der Waals surface area (Å²) in [6, 6.07) is 7.90. The van der Waals surface area contributed by atoms with Gasteiger partial charge in [-0.15, -0.1) is 0 Å². The maximum Gasteiger partial charge on any atom is 0.244 e. The number of aromatic amines is 1. The zero-order valence-corrected chi connectivity index (χ0v) is 13.7. The van der Waals surface area contributed by atoms with E-state index in [2.05, 4.69) is 10.2 Å². The molecule has 1 aromatic heterocycles. The van der Waals surface area contributed by atoms with Crippen molar-refractivity contribution in [2.45, 2.75) is 19.4 Å². The van der Waals surface area contributed by atoms with Crippen LogP contribution in [-0.4, -0.2) is 53.6 Å². The third-order valence-corrected chi connectivity index (χ3v) is 3.81. The molecule has 0 spiro atoms. The third kappa shape index (κ3) is 3.95. The lowest BCUT2D eigenvalue weighted by Gasteiger charge is -2.28. The summed E-state index contributed by atoms with van der Waals surface area (Å²) in [5.41, 5.74) is 3.33. The number of nitrogens with zero attached hydrogens (tertiary/aromatic N) is 3. The molecule has 22 heavy (non-hydrogen) atoms. The molecule has 0 saturated heterocycles. The van der Waals surface area contributed by atoms with E-state index in [1.165, 1.54) is 5.56 Å². The number of hydrogen-bond donors (Lipinski definition) is 1. The average molecular weight is 300 g/mol. The summed E-state index contributed by atoms with van der Waals surface area (Å²) in [4.78, 5) is 16.5. The number of aromatic nitrogens is 2. The van der Waals surface area contributed by atoms with Crippen molar-refractivity contribution in [2.24, 2.45) is 0 Å². The highest BCUT2D eigenvalue weighted by Gasteiger charge is 2.25. The second-order valence-electron chi connectivity index (χ2n) is 5.89. The molecule has 5 heteroatoms. The van der Waals surface area contributed by atoms with E-state index in [-0.39, 0.29) is 11.9 Å². The average Bonchev–Trinajstić information content (AvgIpc) is 3.00. The minimum atomic E-state index is -0.255. The Morgan fingerprint density at radius 3 is 2.45 bits per heavy atom. The minimum absolute atomic E-state index is 0.109. The van der Waals surface area contributed by atoms with E-state index in [1.54, 1.807) is 11.1 Å². The summed E-state index contributed by atoms with van der Waals surface area (Å²) in [6.45, 7) is 2.72. The van der Waals surface area contributed by atoms with Crippen LogP contribution in [0.15, 0.2) is 36.7 Å². The number of rotatable bonds is 6. The summed E-state index contributed by atoms with van der Waals surface area (Å²) in [7, 11) is 5.73. The van der Waals surface area contributed by atoms with E-state index in [1.807, 2.05) is 63.4 Å². The predicted molar refractivity (Wildman–Crippen MR) is 87.5 cm³/mol. The molecule has 0 aliphatic carbocycles. The Bertz CT molecular complexity index is 590. The first-order chi connectivity index (χ1) is 10.5. The van der Waals surface area contributed by atoms with Crippen LogP contribution in [0.25, 0.3) is 0 Å². The Labute approximate surface area is 131 Å². The molecule has 1 N–H and O–H groups in total. The lowest BCUT2D eigenvalue weighted by atomic mass is 10.0. The van der Waals surface area contributed by atoms with Crippen molar-refractivity contribution < 1.29 is 4.79 Å². The van der Waals surface area contributed by atoms with E-state index in [4.69, 9.17) is 0 Å². The summed E-state index contributed by atoms with van der Waals surface area (Å²) in [5.74, 6) is 0.109. The van der Waals surface area contributed by atoms with E-state index in [0.717, 1.165) is 17.5 Å². The Balaban J connectivity index is 2.07. The zero-order valence-electron chi connectivity index (χ0n) is 13.7. The fourth-order valence-corrected chi connectivity index (χ4v) is 2.44. The van der Waals surface area contributed by atoms with Gasteiger partial charge in [0, 0.05) is 19.8 Å². The molecule has 0 unspecified atom stereocenters. The molecule has 2 aromatic rings. The van der Waals surface area contributed by atoms with Crippen molar-refractivity contribution in [3.63, 3.8) is 0 Å². The fraction of sp³-hybridized carbons (Fsp3) is 0.412. The molecule has 0 fully saturated rings. The Morgan fingerprint density at radius 2 is 1.91 bits per heavy atom. The maximum absolute atomic E-state index is 12.8. The number of carbonyl (C=O) groups excluding carboxylic acids is 1. The van der Waals surface area contributed by atoms with Crippen molar-refractivity contribution in [3.8, 4) is 0 Å². The molecule has 2 rings (SSSR count). The predicted octanol–water partition coefficient (Wildman–Crippen LogP) is 2.02. The Hall–Kier alpha value is -2.14. The molecule has 118 valence electrons. The number of nitrogens with one attached hydrogen (secondary N) is 1. The maximum atomic E-state index is 12.8. The van der Waals surface area contributed by atoms with E-state index >= 15 is 0 Å². The third-order valence-electron chi connectivity index (χ3n) is 3.81. The van der Waals surface area contributed by atoms with E-state index in [0.29, 0.717) is 6.54 Å². The van der Waals surface area contributed by atoms with Gasteiger partial charge in [-0.05, 0) is 38.6 Å². The van der Waals surface area contributed by atoms with Gasteiger partial charge in [0.1, 0.15) is 6.04 Å². The number of aryl methyl sites for hydroxylation is 1. The van der Waals surface area contributed by atoms with Crippen LogP contribution in [0.2, 0.25) is 0 Å². The molecular weight excluding hydrogens is 276 g/mol. The van der Waals surface area contributed by atoms with E-state index < -0.39 is 0 Å². The second kappa shape index (κ2) is 7.22. The van der Waals surface area contributed by atoms with Gasteiger partial charge in [-0.1, -0.05) is 29.8 Å². The van der Waals surface area contributed by atoms with Crippen LogP contribution in [0.5, 0.6) is 0 Å². The summed E-state index contributed by atoms with van der Waals surface area (Å²) < 4.78 is 0. The lowest BCUT2D eigenvalue weighted by molar-refractivity contribution is -0.135. The molecule has 0 bridgehead atoms. The van der Waals surface area contributed by atoms with Gasteiger partial charge in [-0.2, -0.15) is 5.10 Å². The second-order valence-corrected chi connectivity index (χ2v) is 5.89. The monoisotopic (exact) mass is 300 g/mol. The molecule has 0 saturated carbocycles. The molecule has 0 aliphatic rings. The minimum Gasteiger partial charge on any atom is -0.344 e. The molecule has 5 nitrogen and oxygen atoms in total. The lowest BCUT2D eigenvalue weighted by Crippen LogP contribution is -2.39. The molecular formula is C17H24N4O. The first kappa shape index (κ1) is 16.2. The number of hydrogen-bond acceptors (Lipinski definition) is 3. The van der Waals surface area contributed by atoms with Gasteiger partial charge in [0.05, 0.1) is 6.20 Å². The van der Waals surface area contributed by atoms with Crippen LogP contribution in [0.4, 0.5) is 0 Å². The quantitative estimate of drug-likeness (QED) is 0.888. The smallest absolute Gasteiger partial charge is 0.244 e. The van der Waals surface area contributed by atoms with Crippen molar-refractivity contribution in [1.29, 1.82) is 0 Å². The van der Waals surface area contributed by atoms with Gasteiger partial charge in [0.2, 0.25) is 5.91 Å². The summed E-state index contributed by atoms with van der Waals surface area (Å²) in [6.07, 6.45) is 4.45. The van der Waals surface area contributed by atoms with Crippen molar-refractivity contribution in [2.75, 3.05) is 27.7 Å². The normalized spacial score (nSPS) is 12.4. The molecule has 1 atom stereocenters. The fourth-order valence-electron chi connectivity index (χ4n) is 2.44. The Morgan fingerprint density at radius 1 is 1.23 bits per heavy atom. The van der Waals surface area contributed by atoms with Crippen LogP contribution < -0.4 is 0 Å². The highest BCUT2D eigenvalue weighted by Crippen LogP contribution is 2.21. The van der Waals surface area contributed by atoms with Gasteiger partial charge in [-0.3, -0.25) is 14.8 Å². The highest BCUT2D eigenvalue weighted by atomic mass is 16.2. The molecule has 1 heterocycles. The van der Waals surface area contributed by atoms with Crippen LogP contribution in [0.1, 0.15) is 22.7 Å². The number of benzene rings is 1. The standard InChI is InChI=1S/C17H24N4O/c1-13-5-7-15(8-6-13)16(20(2)3)17(22)21(4)10-9-14-11-18-19-12-14/h5-8,11-12,16H,9-10H2,1-4H3,(H,18,19)/t16-/m1/s1. The highest BCUT2D eigenvalue weighted by molar-refractivity contribution is 5.83. The molecule has 0 aliphatic heterocycles. The van der Waals surface area contributed by atoms with Gasteiger partial charge in [0.15, 0.2) is 0 Å². The van der Waals surface area contributed by atoms with Crippen LogP contribution in [0, 0.1) is 6.92 Å². The zero-order chi connectivity index (χ0) is 16.1. The van der Waals surface area contributed by atoms with Crippen molar-refractivity contribution >= 4 is 5.91 Å². The molecule has 0 radical (unpaired) electrons. The molecule has 1 aromatic carbocycles. The van der Waals surface area contributed by atoms with Gasteiger partial charge >= 0.3 is 0 Å². The first-order valence-electron chi connectivity index (χ1n) is 7.44. The number of likely N-dealkylation sites (N-methyl/N-ethyl adjacent to an activating group) is 2. The Kier molecular flexibility index (Phi) is 5.33. The number of amides is 1. The summed E-state index contributed by atoms with van der Waals surface area (Å²) >= 11 is 0. The molecule has 1 amide bonds. The van der Waals surface area contributed by atoms with Gasteiger partial charge in [-0.25, -0.2) is 0 Å². The number of H-pyrrole nitrogens is 1. The van der Waals surface area contributed by atoms with Crippen molar-refractivity contribution in [1.82, 2.24) is 20.0 Å². The van der Waals surface area contributed by atoms with Crippen LogP contribution in [0.3, 0.4) is 0 Å². The topological polar surface area (TPSA) is 52.2 Å².